The number of rotatable bonds is 2. The molecule has 1 unspecified atom stereocenters. The Hall–Kier alpha value is 0.740. The lowest BCUT2D eigenvalue weighted by Crippen LogP contribution is -1.27. The Morgan fingerprint density at radius 2 is 2.50 bits per heavy atom. The van der Waals surface area contributed by atoms with Crippen molar-refractivity contribution in [3.63, 3.8) is 0 Å². The Morgan fingerprint density at radius 1 is 1.83 bits per heavy atom. The third-order valence-corrected chi connectivity index (χ3v) is 2.62. The Labute approximate surface area is 48.6 Å². The van der Waals surface area contributed by atoms with Gasteiger partial charge in [-0.15, -0.1) is 11.4 Å². The first-order valence-corrected chi connectivity index (χ1v) is 5.86. The average molecular weight is 138 g/mol. The van der Waals surface area contributed by atoms with Crippen LogP contribution in [0.1, 0.15) is 6.92 Å². The summed E-state index contributed by atoms with van der Waals surface area (Å²) in [5, 5.41) is 2.03. The summed E-state index contributed by atoms with van der Waals surface area (Å²) in [6.07, 6.45) is 2.00. The number of allylic oxidation sites excluding steroid dienone is 1. The Balaban J connectivity index is 2.85. The molecule has 0 amide bonds. The third kappa shape index (κ3) is 4.74. The largest absolute Gasteiger partial charge is 0.103 e. The molecule has 0 radical (unpaired) electrons. The van der Waals surface area contributed by atoms with E-state index < -0.39 is 0 Å². The third-order valence-electron chi connectivity index (χ3n) is 0.270. The van der Waals surface area contributed by atoms with Gasteiger partial charge >= 0.3 is 0 Å². The van der Waals surface area contributed by atoms with Gasteiger partial charge in [-0.25, -0.2) is 0 Å². The van der Waals surface area contributed by atoms with Crippen LogP contribution in [0, 0.1) is 0 Å². The number of hydrogen-bond donors (Lipinski definition) is 0. The fourth-order valence-corrected chi connectivity index (χ4v) is 1.57. The van der Waals surface area contributed by atoms with Gasteiger partial charge in [-0.05, 0) is 18.9 Å². The molecule has 0 aliphatic heterocycles. The standard InChI is InChI=1S/C3H7PS2/c1-2-3-6-4-5/h2-3H,4H2,1H3. The zero-order valence-electron chi connectivity index (χ0n) is 3.55. The molecule has 0 saturated heterocycles. The smallest absolute Gasteiger partial charge is 0.0129 e. The predicted octanol–water partition coefficient (Wildman–Crippen LogP) is 2.04. The summed E-state index contributed by atoms with van der Waals surface area (Å²) in [6, 6.07) is 0. The van der Waals surface area contributed by atoms with E-state index in [1.165, 1.54) is 0 Å². The maximum atomic E-state index is 4.71. The van der Waals surface area contributed by atoms with E-state index in [1.807, 2.05) is 18.4 Å². The van der Waals surface area contributed by atoms with Crippen LogP contribution in [0.2, 0.25) is 0 Å². The maximum Gasteiger partial charge on any atom is -0.0129 e. The quantitative estimate of drug-likeness (QED) is 0.535. The molecule has 36 valence electrons. The molecule has 3 heteroatoms. The van der Waals surface area contributed by atoms with Gasteiger partial charge in [-0.2, -0.15) is 0 Å². The molecular formula is C3H7PS2. The molecule has 0 fully saturated rings. The second-order valence-electron chi connectivity index (χ2n) is 0.702. The Bertz CT molecular complexity index is 59.8. The van der Waals surface area contributed by atoms with Crippen LogP contribution in [0.25, 0.3) is 0 Å². The highest BCUT2D eigenvalue weighted by Gasteiger charge is 1.57. The van der Waals surface area contributed by atoms with Gasteiger partial charge in [0, 0.05) is 0 Å². The summed E-state index contributed by atoms with van der Waals surface area (Å²) in [5.41, 5.74) is 0. The van der Waals surface area contributed by atoms with E-state index in [9.17, 15) is 0 Å². The lowest BCUT2D eigenvalue weighted by atomic mass is 10.8. The molecule has 0 rings (SSSR count). The molecule has 0 aliphatic carbocycles. The molecule has 6 heavy (non-hydrogen) atoms. The highest BCUT2D eigenvalue weighted by atomic mass is 32.9. The molecule has 0 aliphatic rings. The maximum absolute atomic E-state index is 4.71. The van der Waals surface area contributed by atoms with Crippen molar-refractivity contribution in [2.24, 2.45) is 0 Å². The normalized spacial score (nSPS) is 12.2. The zero-order chi connectivity index (χ0) is 4.83. The zero-order valence-corrected chi connectivity index (χ0v) is 6.34. The summed E-state index contributed by atoms with van der Waals surface area (Å²) in [5.74, 6) is 0. The lowest BCUT2D eigenvalue weighted by molar-refractivity contribution is 1.79. The van der Waals surface area contributed by atoms with E-state index in [4.69, 9.17) is 11.8 Å². The summed E-state index contributed by atoms with van der Waals surface area (Å²) in [4.78, 5) is 0. The number of hydrogen-bond acceptors (Lipinski definition) is 2. The van der Waals surface area contributed by atoms with Crippen molar-refractivity contribution >= 4 is 29.7 Å². The highest BCUT2D eigenvalue weighted by molar-refractivity contribution is 8.59. The van der Waals surface area contributed by atoms with Crippen molar-refractivity contribution in [2.45, 2.75) is 6.92 Å². The fourth-order valence-electron chi connectivity index (χ4n) is 0.111. The lowest BCUT2D eigenvalue weighted by Gasteiger charge is -1.69. The van der Waals surface area contributed by atoms with Crippen LogP contribution < -0.4 is 0 Å². The van der Waals surface area contributed by atoms with Crippen LogP contribution in [-0.2, 0) is 11.8 Å². The average Bonchev–Trinajstić information content (AvgIpc) is 1.61. The minimum Gasteiger partial charge on any atom is -0.103 e. The van der Waals surface area contributed by atoms with Gasteiger partial charge in [0.2, 0.25) is 0 Å². The molecular weight excluding hydrogens is 131 g/mol. The minimum atomic E-state index is 0.197. The van der Waals surface area contributed by atoms with Crippen LogP contribution in [0.5, 0.6) is 0 Å². The van der Waals surface area contributed by atoms with Gasteiger partial charge in [0.05, 0.1) is 0 Å². The molecule has 0 aromatic rings. The van der Waals surface area contributed by atoms with Crippen molar-refractivity contribution in [1.29, 1.82) is 0 Å². The first-order valence-electron chi connectivity index (χ1n) is 1.62. The van der Waals surface area contributed by atoms with Gasteiger partial charge in [0.25, 0.3) is 0 Å². The van der Waals surface area contributed by atoms with Crippen molar-refractivity contribution in [3.05, 3.63) is 11.5 Å². The summed E-state index contributed by atoms with van der Waals surface area (Å²) in [6.45, 7) is 2.19. The van der Waals surface area contributed by atoms with Crippen LogP contribution in [0.15, 0.2) is 11.5 Å². The van der Waals surface area contributed by atoms with Gasteiger partial charge in [-0.1, -0.05) is 17.9 Å². The van der Waals surface area contributed by atoms with E-state index in [1.54, 1.807) is 11.4 Å². The van der Waals surface area contributed by atoms with E-state index in [0.717, 1.165) is 0 Å². The molecule has 0 spiro atoms. The summed E-state index contributed by atoms with van der Waals surface area (Å²) < 4.78 is 0. The van der Waals surface area contributed by atoms with Crippen molar-refractivity contribution in [3.8, 4) is 0 Å². The highest BCUT2D eigenvalue weighted by Crippen LogP contribution is 2.17. The first kappa shape index (κ1) is 6.74. The minimum absolute atomic E-state index is 0.197. The molecule has 0 saturated carbocycles. The van der Waals surface area contributed by atoms with E-state index in [-0.39, 0.29) is 6.56 Å². The summed E-state index contributed by atoms with van der Waals surface area (Å²) in [7, 11) is 0. The van der Waals surface area contributed by atoms with Crippen molar-refractivity contribution in [1.82, 2.24) is 0 Å². The predicted molar refractivity (Wildman–Crippen MR) is 39.5 cm³/mol. The molecule has 0 heterocycles. The van der Waals surface area contributed by atoms with Gasteiger partial charge in [0.15, 0.2) is 0 Å². The van der Waals surface area contributed by atoms with Crippen molar-refractivity contribution in [2.75, 3.05) is 0 Å². The van der Waals surface area contributed by atoms with E-state index >= 15 is 0 Å². The summed E-state index contributed by atoms with van der Waals surface area (Å²) >= 11 is 6.44. The van der Waals surface area contributed by atoms with Gasteiger partial charge in [0.1, 0.15) is 0 Å². The SMILES string of the molecule is CC=CS[PH2]=S. The fraction of sp³-hybridized carbons (Fsp3) is 0.333. The van der Waals surface area contributed by atoms with Crippen LogP contribution in [0.3, 0.4) is 0 Å². The van der Waals surface area contributed by atoms with Crippen LogP contribution >= 0.6 is 17.9 Å². The van der Waals surface area contributed by atoms with E-state index in [0.29, 0.717) is 0 Å². The van der Waals surface area contributed by atoms with E-state index in [2.05, 4.69) is 0 Å². The molecule has 1 atom stereocenters. The Kier molecular flexibility index (Phi) is 6.45. The molecule has 0 aromatic heterocycles. The van der Waals surface area contributed by atoms with Crippen molar-refractivity contribution < 1.29 is 0 Å². The van der Waals surface area contributed by atoms with Gasteiger partial charge in [-0.3, -0.25) is 0 Å². The van der Waals surface area contributed by atoms with Gasteiger partial charge < -0.3 is 0 Å². The van der Waals surface area contributed by atoms with Crippen LogP contribution in [-0.4, -0.2) is 0 Å². The molecule has 0 bridgehead atoms. The Morgan fingerprint density at radius 3 is 2.67 bits per heavy atom. The van der Waals surface area contributed by atoms with Crippen LogP contribution in [0.4, 0.5) is 0 Å². The molecule has 0 nitrogen and oxygen atoms in total. The second-order valence-corrected chi connectivity index (χ2v) is 4.56. The second kappa shape index (κ2) is 5.74. The topological polar surface area (TPSA) is 0 Å². The first-order chi connectivity index (χ1) is 2.91. The molecule has 0 aromatic carbocycles. The molecule has 0 N–H and O–H groups in total. The monoisotopic (exact) mass is 138 g/mol.